The first-order chi connectivity index (χ1) is 9.27. The van der Waals surface area contributed by atoms with Crippen LogP contribution in [0.3, 0.4) is 0 Å². The van der Waals surface area contributed by atoms with E-state index in [2.05, 4.69) is 10.6 Å². The number of terminal acetylenes is 1. The third-order valence-corrected chi connectivity index (χ3v) is 4.85. The van der Waals surface area contributed by atoms with Crippen LogP contribution in [0.15, 0.2) is 34.1 Å². The van der Waals surface area contributed by atoms with Gasteiger partial charge < -0.3 is 0 Å². The lowest BCUT2D eigenvalue weighted by molar-refractivity contribution is 0.577. The van der Waals surface area contributed by atoms with E-state index in [-0.39, 0.29) is 16.3 Å². The van der Waals surface area contributed by atoms with Crippen LogP contribution in [0, 0.1) is 12.3 Å². The van der Waals surface area contributed by atoms with Crippen LogP contribution in [0.2, 0.25) is 0 Å². The number of unbranched alkanes of at least 4 members (excludes halogenated alkanes) is 2. The summed E-state index contributed by atoms with van der Waals surface area (Å²) >= 11 is 0. The number of hydrogen-bond donors (Lipinski definition) is 2. The minimum absolute atomic E-state index is 0.138. The highest BCUT2D eigenvalue weighted by molar-refractivity contribution is 7.90. The Labute approximate surface area is 119 Å². The second-order valence-electron chi connectivity index (χ2n) is 4.08. The van der Waals surface area contributed by atoms with Crippen molar-refractivity contribution < 1.29 is 16.8 Å². The molecule has 110 valence electrons. The van der Waals surface area contributed by atoms with E-state index in [1.807, 2.05) is 0 Å². The predicted octanol–water partition coefficient (Wildman–Crippen LogP) is 0.416. The standard InChI is InChI=1S/C12H16N2O4S2/c1-2-3-4-5-9-14-20(17,18)12-8-6-7-11(10-12)19(13,15)16/h1,6-8,10,14H,3-5,9H2,(H2,13,15,16). The lowest BCUT2D eigenvalue weighted by Gasteiger charge is -2.07. The zero-order chi connectivity index (χ0) is 15.2. The molecule has 6 nitrogen and oxygen atoms in total. The molecule has 8 heteroatoms. The number of nitrogens with two attached hydrogens (primary N) is 1. The van der Waals surface area contributed by atoms with E-state index in [0.717, 1.165) is 12.5 Å². The lowest BCUT2D eigenvalue weighted by Crippen LogP contribution is -2.25. The fourth-order valence-corrected chi connectivity index (χ4v) is 3.21. The third kappa shape index (κ3) is 4.94. The highest BCUT2D eigenvalue weighted by Gasteiger charge is 2.16. The smallest absolute Gasteiger partial charge is 0.225 e. The number of hydrogen-bond acceptors (Lipinski definition) is 4. The fourth-order valence-electron chi connectivity index (χ4n) is 1.46. The predicted molar refractivity (Wildman–Crippen MR) is 75.7 cm³/mol. The molecule has 1 aromatic rings. The lowest BCUT2D eigenvalue weighted by atomic mass is 10.2. The van der Waals surface area contributed by atoms with Crippen molar-refractivity contribution in [3.63, 3.8) is 0 Å². The van der Waals surface area contributed by atoms with Crippen LogP contribution in [0.4, 0.5) is 0 Å². The summed E-state index contributed by atoms with van der Waals surface area (Å²) < 4.78 is 48.7. The minimum atomic E-state index is -3.93. The SMILES string of the molecule is C#CCCCCNS(=O)(=O)c1cccc(S(N)(=O)=O)c1. The Hall–Kier alpha value is -1.40. The summed E-state index contributed by atoms with van der Waals surface area (Å²) in [6, 6.07) is 4.89. The first-order valence-electron chi connectivity index (χ1n) is 5.83. The van der Waals surface area contributed by atoms with Gasteiger partial charge in [-0.1, -0.05) is 6.07 Å². The molecule has 0 spiro atoms. The molecule has 1 aromatic carbocycles. The van der Waals surface area contributed by atoms with Crippen LogP contribution in [-0.4, -0.2) is 23.4 Å². The van der Waals surface area contributed by atoms with Crippen LogP contribution >= 0.6 is 0 Å². The molecule has 0 aromatic heterocycles. The van der Waals surface area contributed by atoms with E-state index in [0.29, 0.717) is 12.8 Å². The number of rotatable bonds is 7. The van der Waals surface area contributed by atoms with E-state index in [9.17, 15) is 16.8 Å². The van der Waals surface area contributed by atoms with Crippen LogP contribution < -0.4 is 9.86 Å². The molecule has 20 heavy (non-hydrogen) atoms. The molecule has 3 N–H and O–H groups in total. The largest absolute Gasteiger partial charge is 0.240 e. The van der Waals surface area contributed by atoms with Crippen LogP contribution in [-0.2, 0) is 20.0 Å². The highest BCUT2D eigenvalue weighted by Crippen LogP contribution is 2.14. The highest BCUT2D eigenvalue weighted by atomic mass is 32.2. The van der Waals surface area contributed by atoms with Crippen molar-refractivity contribution in [3.8, 4) is 12.3 Å². The molecule has 0 saturated heterocycles. The average molecular weight is 316 g/mol. The van der Waals surface area contributed by atoms with E-state index < -0.39 is 20.0 Å². The van der Waals surface area contributed by atoms with Crippen molar-refractivity contribution in [1.82, 2.24) is 4.72 Å². The second-order valence-corrected chi connectivity index (χ2v) is 7.41. The molecule has 0 amide bonds. The van der Waals surface area contributed by atoms with Crippen molar-refractivity contribution >= 4 is 20.0 Å². The number of nitrogens with one attached hydrogen (secondary N) is 1. The summed E-state index contributed by atoms with van der Waals surface area (Å²) in [4.78, 5) is -0.381. The monoisotopic (exact) mass is 316 g/mol. The zero-order valence-corrected chi connectivity index (χ0v) is 12.4. The molecule has 0 aliphatic heterocycles. The molecule has 0 heterocycles. The molecule has 0 bridgehead atoms. The Bertz CT molecular complexity index is 703. The fraction of sp³-hybridized carbons (Fsp3) is 0.333. The Kier molecular flexibility index (Phi) is 5.71. The van der Waals surface area contributed by atoms with Crippen molar-refractivity contribution in [2.75, 3.05) is 6.54 Å². The van der Waals surface area contributed by atoms with Gasteiger partial charge in [0.05, 0.1) is 9.79 Å². The van der Waals surface area contributed by atoms with Gasteiger partial charge in [0.25, 0.3) is 0 Å². The molecule has 0 aliphatic rings. The van der Waals surface area contributed by atoms with Gasteiger partial charge in [-0.05, 0) is 31.0 Å². The van der Waals surface area contributed by atoms with E-state index in [1.54, 1.807) is 0 Å². The topological polar surface area (TPSA) is 106 Å². The zero-order valence-electron chi connectivity index (χ0n) is 10.7. The first-order valence-corrected chi connectivity index (χ1v) is 8.86. The second kappa shape index (κ2) is 6.85. The maximum Gasteiger partial charge on any atom is 0.240 e. The normalized spacial score (nSPS) is 12.0. The molecule has 1 rings (SSSR count). The van der Waals surface area contributed by atoms with Crippen LogP contribution in [0.1, 0.15) is 19.3 Å². The summed E-state index contributed by atoms with van der Waals surface area (Å²) in [6.45, 7) is 0.240. The maximum atomic E-state index is 12.0. The summed E-state index contributed by atoms with van der Waals surface area (Å²) in [5.41, 5.74) is 0. The molecular weight excluding hydrogens is 300 g/mol. The summed E-state index contributed by atoms with van der Waals surface area (Å²) in [6.07, 6.45) is 7.00. The van der Waals surface area contributed by atoms with Gasteiger partial charge in [-0.3, -0.25) is 0 Å². The number of sulfonamides is 2. The molecule has 0 saturated carbocycles. The average Bonchev–Trinajstić information content (AvgIpc) is 2.37. The van der Waals surface area contributed by atoms with Gasteiger partial charge in [0.2, 0.25) is 20.0 Å². The minimum Gasteiger partial charge on any atom is -0.225 e. The van der Waals surface area contributed by atoms with E-state index in [1.165, 1.54) is 18.2 Å². The number of primary sulfonamides is 1. The third-order valence-electron chi connectivity index (χ3n) is 2.48. The Balaban J connectivity index is 2.81. The van der Waals surface area contributed by atoms with Gasteiger partial charge in [0.15, 0.2) is 0 Å². The summed E-state index contributed by atoms with van der Waals surface area (Å²) in [5.74, 6) is 2.46. The van der Waals surface area contributed by atoms with E-state index >= 15 is 0 Å². The quantitative estimate of drug-likeness (QED) is 0.561. The van der Waals surface area contributed by atoms with Crippen molar-refractivity contribution in [1.29, 1.82) is 0 Å². The van der Waals surface area contributed by atoms with Gasteiger partial charge in [0.1, 0.15) is 0 Å². The Morgan fingerprint density at radius 1 is 1.15 bits per heavy atom. The van der Waals surface area contributed by atoms with Gasteiger partial charge in [-0.25, -0.2) is 26.7 Å². The first kappa shape index (κ1) is 16.7. The van der Waals surface area contributed by atoms with Gasteiger partial charge in [0, 0.05) is 13.0 Å². The summed E-state index contributed by atoms with van der Waals surface area (Å²) in [5, 5.41) is 4.96. The van der Waals surface area contributed by atoms with Crippen molar-refractivity contribution in [3.05, 3.63) is 24.3 Å². The van der Waals surface area contributed by atoms with Crippen molar-refractivity contribution in [2.24, 2.45) is 5.14 Å². The maximum absolute atomic E-state index is 12.0. The molecule has 0 radical (unpaired) electrons. The molecule has 0 unspecified atom stereocenters. The molecule has 0 fully saturated rings. The summed E-state index contributed by atoms with van der Waals surface area (Å²) in [7, 11) is -7.68. The molecule has 0 aliphatic carbocycles. The molecular formula is C12H16N2O4S2. The number of benzene rings is 1. The van der Waals surface area contributed by atoms with Crippen LogP contribution in [0.25, 0.3) is 0 Å². The Morgan fingerprint density at radius 2 is 1.80 bits per heavy atom. The van der Waals surface area contributed by atoms with Crippen molar-refractivity contribution in [2.45, 2.75) is 29.1 Å². The van der Waals surface area contributed by atoms with Crippen LogP contribution in [0.5, 0.6) is 0 Å². The van der Waals surface area contributed by atoms with Gasteiger partial charge in [-0.15, -0.1) is 12.3 Å². The van der Waals surface area contributed by atoms with E-state index in [4.69, 9.17) is 11.6 Å². The van der Waals surface area contributed by atoms with Gasteiger partial charge >= 0.3 is 0 Å². The van der Waals surface area contributed by atoms with Gasteiger partial charge in [-0.2, -0.15) is 0 Å². The molecule has 0 atom stereocenters. The Morgan fingerprint density at radius 3 is 2.40 bits per heavy atom.